The summed E-state index contributed by atoms with van der Waals surface area (Å²) < 4.78 is 1.88. The number of amides is 2. The van der Waals surface area contributed by atoms with E-state index in [4.69, 9.17) is 10.8 Å². The number of fused-ring (bicyclic) bond motifs is 1. The van der Waals surface area contributed by atoms with E-state index in [0.717, 1.165) is 29.5 Å². The van der Waals surface area contributed by atoms with Crippen molar-refractivity contribution in [3.8, 4) is 11.3 Å². The number of hydrogen-bond acceptors (Lipinski definition) is 6. The van der Waals surface area contributed by atoms with Crippen molar-refractivity contribution in [1.29, 1.82) is 0 Å². The Hall–Kier alpha value is -4.53. The number of hydrogen-bond donors (Lipinski definition) is 2. The van der Waals surface area contributed by atoms with E-state index in [0.29, 0.717) is 47.7 Å². The predicted molar refractivity (Wildman–Crippen MR) is 143 cm³/mol. The van der Waals surface area contributed by atoms with Gasteiger partial charge in [-0.05, 0) is 43.5 Å². The van der Waals surface area contributed by atoms with Gasteiger partial charge in [0.05, 0.1) is 11.4 Å². The van der Waals surface area contributed by atoms with Crippen LogP contribution in [0, 0.1) is 6.92 Å². The number of rotatable bonds is 6. The van der Waals surface area contributed by atoms with Gasteiger partial charge in [-0.2, -0.15) is 5.10 Å². The van der Waals surface area contributed by atoms with E-state index in [1.54, 1.807) is 11.0 Å². The van der Waals surface area contributed by atoms with E-state index < -0.39 is 0 Å². The molecule has 188 valence electrons. The minimum Gasteiger partial charge on any atom is -0.383 e. The van der Waals surface area contributed by atoms with E-state index in [1.165, 1.54) is 12.4 Å². The van der Waals surface area contributed by atoms with E-state index in [9.17, 15) is 9.59 Å². The number of nitrogens with zero attached hydrogens (tertiary/aromatic N) is 5. The van der Waals surface area contributed by atoms with E-state index in [1.807, 2.05) is 54.1 Å². The molecule has 0 aliphatic carbocycles. The fraction of sp³-hybridized carbons (Fsp3) is 0.250. The van der Waals surface area contributed by atoms with Crippen molar-refractivity contribution in [1.82, 2.24) is 30.0 Å². The summed E-state index contributed by atoms with van der Waals surface area (Å²) in [7, 11) is 0. The molecule has 2 aromatic heterocycles. The Morgan fingerprint density at radius 2 is 2.00 bits per heavy atom. The van der Waals surface area contributed by atoms with Crippen LogP contribution in [-0.2, 0) is 11.3 Å². The van der Waals surface area contributed by atoms with Gasteiger partial charge in [-0.15, -0.1) is 0 Å². The molecule has 3 heterocycles. The fourth-order valence-electron chi connectivity index (χ4n) is 4.79. The number of likely N-dealkylation sites (tertiary alicyclic amines) is 1. The first-order valence-corrected chi connectivity index (χ1v) is 12.3. The molecule has 0 bridgehead atoms. The molecular weight excluding hydrogens is 466 g/mol. The van der Waals surface area contributed by atoms with E-state index in [2.05, 4.69) is 21.9 Å². The first kappa shape index (κ1) is 24.2. The lowest BCUT2D eigenvalue weighted by atomic mass is 10.1. The largest absolute Gasteiger partial charge is 0.383 e. The number of aromatic nitrogens is 4. The minimum atomic E-state index is -0.112. The molecule has 1 aliphatic heterocycles. The summed E-state index contributed by atoms with van der Waals surface area (Å²) in [6, 6.07) is 15.3. The zero-order valence-electron chi connectivity index (χ0n) is 20.7. The first-order chi connectivity index (χ1) is 17.9. The van der Waals surface area contributed by atoms with Crippen LogP contribution in [0.15, 0.2) is 67.5 Å². The van der Waals surface area contributed by atoms with E-state index >= 15 is 0 Å². The topological polar surface area (TPSA) is 119 Å². The second-order valence-electron chi connectivity index (χ2n) is 9.28. The molecule has 2 aromatic carbocycles. The maximum absolute atomic E-state index is 12.5. The van der Waals surface area contributed by atoms with Gasteiger partial charge in [-0.25, -0.2) is 14.6 Å². The lowest BCUT2D eigenvalue weighted by Crippen LogP contribution is -2.40. The Balaban J connectivity index is 1.39. The third-order valence-electron chi connectivity index (χ3n) is 6.71. The fourth-order valence-corrected chi connectivity index (χ4v) is 4.79. The van der Waals surface area contributed by atoms with Crippen LogP contribution >= 0.6 is 0 Å². The molecule has 9 heteroatoms. The first-order valence-electron chi connectivity index (χ1n) is 12.3. The molecule has 4 aromatic rings. The van der Waals surface area contributed by atoms with Gasteiger partial charge < -0.3 is 16.0 Å². The van der Waals surface area contributed by atoms with Crippen molar-refractivity contribution in [2.45, 2.75) is 32.4 Å². The Morgan fingerprint density at radius 3 is 2.76 bits per heavy atom. The predicted octanol–water partition coefficient (Wildman–Crippen LogP) is 3.66. The standard InChI is InChI=1S/C28H29N7O2/c1-3-23(36)34-13-5-8-22(16-34)35-27-24(26(29)31-17-32-27)25(33-35)20-11-9-19(10-12-20)15-30-28(37)21-7-4-6-18(2)14-21/h3-4,6-7,9-12,14,17,22H,1,5,8,13,15-16H2,2H3,(H,30,37)(H2,29,31,32). The molecule has 9 nitrogen and oxygen atoms in total. The Kier molecular flexibility index (Phi) is 6.68. The molecule has 1 aliphatic rings. The van der Waals surface area contributed by atoms with Gasteiger partial charge in [0.1, 0.15) is 17.8 Å². The highest BCUT2D eigenvalue weighted by atomic mass is 16.2. The van der Waals surface area contributed by atoms with Crippen molar-refractivity contribution in [3.63, 3.8) is 0 Å². The summed E-state index contributed by atoms with van der Waals surface area (Å²) >= 11 is 0. The van der Waals surface area contributed by atoms with Crippen LogP contribution in [-0.4, -0.2) is 49.6 Å². The summed E-state index contributed by atoms with van der Waals surface area (Å²) in [6.07, 6.45) is 4.53. The minimum absolute atomic E-state index is 0.0284. The van der Waals surface area contributed by atoms with Crippen LogP contribution in [0.4, 0.5) is 5.82 Å². The Labute approximate surface area is 215 Å². The average molecular weight is 496 g/mol. The average Bonchev–Trinajstić information content (AvgIpc) is 3.32. The van der Waals surface area contributed by atoms with Crippen LogP contribution in [0.25, 0.3) is 22.3 Å². The van der Waals surface area contributed by atoms with Gasteiger partial charge in [0.2, 0.25) is 5.91 Å². The zero-order chi connectivity index (χ0) is 25.9. The number of aryl methyl sites for hydroxylation is 1. The highest BCUT2D eigenvalue weighted by Gasteiger charge is 2.28. The molecule has 37 heavy (non-hydrogen) atoms. The van der Waals surface area contributed by atoms with Crippen molar-refractivity contribution >= 4 is 28.7 Å². The highest BCUT2D eigenvalue weighted by Crippen LogP contribution is 2.33. The van der Waals surface area contributed by atoms with Gasteiger partial charge in [-0.1, -0.05) is 48.5 Å². The number of carbonyl (C=O) groups is 2. The molecule has 1 unspecified atom stereocenters. The summed E-state index contributed by atoms with van der Waals surface area (Å²) in [5.74, 6) is 0.162. The third kappa shape index (κ3) is 4.93. The normalized spacial score (nSPS) is 15.5. The van der Waals surface area contributed by atoms with Gasteiger partial charge in [-0.3, -0.25) is 9.59 Å². The number of nitrogen functional groups attached to an aromatic ring is 1. The third-order valence-corrected chi connectivity index (χ3v) is 6.71. The van der Waals surface area contributed by atoms with Crippen LogP contribution < -0.4 is 11.1 Å². The number of carbonyl (C=O) groups excluding carboxylic acids is 2. The Morgan fingerprint density at radius 1 is 1.19 bits per heavy atom. The summed E-state index contributed by atoms with van der Waals surface area (Å²) in [5, 5.41) is 8.57. The Bertz CT molecular complexity index is 1480. The number of piperidine rings is 1. The summed E-state index contributed by atoms with van der Waals surface area (Å²) in [4.78, 5) is 35.2. The number of anilines is 1. The molecule has 1 saturated heterocycles. The molecule has 1 fully saturated rings. The molecule has 2 amide bonds. The number of nitrogens with one attached hydrogen (secondary N) is 1. The van der Waals surface area contributed by atoms with Crippen LogP contribution in [0.2, 0.25) is 0 Å². The second kappa shape index (κ2) is 10.2. The molecule has 0 spiro atoms. The SMILES string of the molecule is C=CC(=O)N1CCCC(n2nc(-c3ccc(CNC(=O)c4cccc(C)c4)cc3)c3c(N)ncnc32)C1. The van der Waals surface area contributed by atoms with E-state index in [-0.39, 0.29) is 17.9 Å². The van der Waals surface area contributed by atoms with Crippen molar-refractivity contribution in [2.24, 2.45) is 0 Å². The quantitative estimate of drug-likeness (QED) is 0.394. The molecule has 0 saturated carbocycles. The number of nitrogens with two attached hydrogens (primary N) is 1. The highest BCUT2D eigenvalue weighted by molar-refractivity contribution is 5.98. The second-order valence-corrected chi connectivity index (χ2v) is 9.28. The van der Waals surface area contributed by atoms with Gasteiger partial charge in [0.25, 0.3) is 5.91 Å². The van der Waals surface area contributed by atoms with Crippen LogP contribution in [0.5, 0.6) is 0 Å². The molecule has 5 rings (SSSR count). The maximum Gasteiger partial charge on any atom is 0.251 e. The van der Waals surface area contributed by atoms with Gasteiger partial charge in [0.15, 0.2) is 5.65 Å². The van der Waals surface area contributed by atoms with Crippen molar-refractivity contribution in [3.05, 3.63) is 84.2 Å². The monoisotopic (exact) mass is 495 g/mol. The summed E-state index contributed by atoms with van der Waals surface area (Å²) in [5.41, 5.74) is 11.1. The lowest BCUT2D eigenvalue weighted by Gasteiger charge is -2.32. The zero-order valence-corrected chi connectivity index (χ0v) is 20.7. The smallest absolute Gasteiger partial charge is 0.251 e. The van der Waals surface area contributed by atoms with Gasteiger partial charge in [0, 0.05) is 30.8 Å². The molecule has 3 N–H and O–H groups in total. The van der Waals surface area contributed by atoms with Gasteiger partial charge >= 0.3 is 0 Å². The maximum atomic E-state index is 12.5. The summed E-state index contributed by atoms with van der Waals surface area (Å²) in [6.45, 7) is 7.21. The molecule has 1 atom stereocenters. The van der Waals surface area contributed by atoms with Crippen molar-refractivity contribution < 1.29 is 9.59 Å². The van der Waals surface area contributed by atoms with Crippen LogP contribution in [0.1, 0.15) is 40.4 Å². The lowest BCUT2D eigenvalue weighted by molar-refractivity contribution is -0.127. The molecular formula is C28H29N7O2. The van der Waals surface area contributed by atoms with Crippen LogP contribution in [0.3, 0.4) is 0 Å². The van der Waals surface area contributed by atoms with Crippen molar-refractivity contribution in [2.75, 3.05) is 18.8 Å². The number of benzene rings is 2. The molecule has 0 radical (unpaired) electrons.